The molecule has 1 heterocycles. The summed E-state index contributed by atoms with van der Waals surface area (Å²) in [4.78, 5) is 11.0. The predicted molar refractivity (Wildman–Crippen MR) is 66.9 cm³/mol. The Bertz CT molecular complexity index is 363. The molecule has 0 radical (unpaired) electrons. The summed E-state index contributed by atoms with van der Waals surface area (Å²) in [5.41, 5.74) is 2.00. The average molecular weight is 240 g/mol. The molecule has 0 aromatic carbocycles. The Morgan fingerprint density at radius 2 is 2.25 bits per heavy atom. The van der Waals surface area contributed by atoms with Crippen LogP contribution in [-0.4, -0.2) is 23.6 Å². The van der Waals surface area contributed by atoms with Gasteiger partial charge in [-0.05, 0) is 25.7 Å². The highest BCUT2D eigenvalue weighted by atomic mass is 35.5. The van der Waals surface area contributed by atoms with E-state index in [0.29, 0.717) is 5.88 Å². The first-order valence-corrected chi connectivity index (χ1v) is 6.33. The fourth-order valence-corrected chi connectivity index (χ4v) is 2.20. The van der Waals surface area contributed by atoms with Gasteiger partial charge in [0, 0.05) is 31.0 Å². The highest BCUT2D eigenvalue weighted by Gasteiger charge is 2.20. The van der Waals surface area contributed by atoms with E-state index in [4.69, 9.17) is 11.6 Å². The molecule has 1 aromatic heterocycles. The SMILES string of the molecule is Cc1nc(N(C)CC2CCC2)ncc1CCl. The van der Waals surface area contributed by atoms with Crippen LogP contribution >= 0.6 is 11.6 Å². The second-order valence-corrected chi connectivity index (χ2v) is 4.86. The van der Waals surface area contributed by atoms with Crippen LogP contribution < -0.4 is 4.90 Å². The molecule has 88 valence electrons. The number of hydrogen-bond donors (Lipinski definition) is 0. The normalized spacial score (nSPS) is 15.9. The van der Waals surface area contributed by atoms with Crippen molar-refractivity contribution in [1.29, 1.82) is 0 Å². The van der Waals surface area contributed by atoms with E-state index in [1.165, 1.54) is 19.3 Å². The monoisotopic (exact) mass is 239 g/mol. The van der Waals surface area contributed by atoms with Crippen LogP contribution in [0.1, 0.15) is 30.5 Å². The maximum Gasteiger partial charge on any atom is 0.225 e. The van der Waals surface area contributed by atoms with Gasteiger partial charge in [0.05, 0.1) is 5.88 Å². The van der Waals surface area contributed by atoms with E-state index in [9.17, 15) is 0 Å². The summed E-state index contributed by atoms with van der Waals surface area (Å²) in [5, 5.41) is 0. The first-order chi connectivity index (χ1) is 7.70. The fraction of sp³-hybridized carbons (Fsp3) is 0.667. The largest absolute Gasteiger partial charge is 0.344 e. The molecule has 3 nitrogen and oxygen atoms in total. The second-order valence-electron chi connectivity index (χ2n) is 4.59. The molecule has 2 rings (SSSR count). The Morgan fingerprint density at radius 1 is 1.50 bits per heavy atom. The molecule has 0 aliphatic heterocycles. The van der Waals surface area contributed by atoms with E-state index in [-0.39, 0.29) is 0 Å². The minimum Gasteiger partial charge on any atom is -0.344 e. The van der Waals surface area contributed by atoms with Gasteiger partial charge in [-0.25, -0.2) is 9.97 Å². The van der Waals surface area contributed by atoms with E-state index < -0.39 is 0 Å². The van der Waals surface area contributed by atoms with Crippen LogP contribution in [0.3, 0.4) is 0 Å². The van der Waals surface area contributed by atoms with Crippen molar-refractivity contribution >= 4 is 17.5 Å². The van der Waals surface area contributed by atoms with Crippen LogP contribution in [0.4, 0.5) is 5.95 Å². The Kier molecular flexibility index (Phi) is 3.64. The van der Waals surface area contributed by atoms with Crippen LogP contribution in [0.15, 0.2) is 6.20 Å². The highest BCUT2D eigenvalue weighted by molar-refractivity contribution is 6.17. The van der Waals surface area contributed by atoms with Gasteiger partial charge in [0.15, 0.2) is 0 Å². The molecule has 16 heavy (non-hydrogen) atoms. The molecule has 1 aliphatic carbocycles. The molecule has 1 saturated carbocycles. The zero-order chi connectivity index (χ0) is 11.5. The number of rotatable bonds is 4. The van der Waals surface area contributed by atoms with Gasteiger partial charge >= 0.3 is 0 Å². The lowest BCUT2D eigenvalue weighted by Crippen LogP contribution is -2.30. The Morgan fingerprint density at radius 3 is 2.75 bits per heavy atom. The van der Waals surface area contributed by atoms with Crippen LogP contribution in [0.5, 0.6) is 0 Å². The van der Waals surface area contributed by atoms with Gasteiger partial charge in [-0.15, -0.1) is 11.6 Å². The Balaban J connectivity index is 2.04. The number of aromatic nitrogens is 2. The van der Waals surface area contributed by atoms with Gasteiger partial charge in [-0.2, -0.15) is 0 Å². The number of aryl methyl sites for hydroxylation is 1. The lowest BCUT2D eigenvalue weighted by molar-refractivity contribution is 0.320. The van der Waals surface area contributed by atoms with Crippen molar-refractivity contribution in [2.24, 2.45) is 5.92 Å². The third-order valence-corrected chi connectivity index (χ3v) is 3.60. The quantitative estimate of drug-likeness (QED) is 0.757. The van der Waals surface area contributed by atoms with Crippen molar-refractivity contribution in [1.82, 2.24) is 9.97 Å². The standard InChI is InChI=1S/C12H18ClN3/c1-9-11(6-13)7-14-12(15-9)16(2)8-10-4-3-5-10/h7,10H,3-6,8H2,1-2H3. The third-order valence-electron chi connectivity index (χ3n) is 3.31. The molecule has 0 amide bonds. The van der Waals surface area contributed by atoms with Crippen LogP contribution in [-0.2, 0) is 5.88 Å². The highest BCUT2D eigenvalue weighted by Crippen LogP contribution is 2.27. The van der Waals surface area contributed by atoms with Crippen molar-refractivity contribution < 1.29 is 0 Å². The molecule has 1 fully saturated rings. The lowest BCUT2D eigenvalue weighted by Gasteiger charge is -2.30. The molecule has 0 spiro atoms. The van der Waals surface area contributed by atoms with Crippen molar-refractivity contribution in [2.45, 2.75) is 32.1 Å². The molecule has 0 N–H and O–H groups in total. The van der Waals surface area contributed by atoms with E-state index in [1.54, 1.807) is 0 Å². The first-order valence-electron chi connectivity index (χ1n) is 5.80. The van der Waals surface area contributed by atoms with Gasteiger partial charge in [-0.3, -0.25) is 0 Å². The van der Waals surface area contributed by atoms with Gasteiger partial charge < -0.3 is 4.90 Å². The van der Waals surface area contributed by atoms with Crippen molar-refractivity contribution in [2.75, 3.05) is 18.5 Å². The number of nitrogens with zero attached hydrogens (tertiary/aromatic N) is 3. The molecule has 4 heteroatoms. The second kappa shape index (κ2) is 5.00. The molecule has 0 bridgehead atoms. The van der Waals surface area contributed by atoms with Crippen LogP contribution in [0, 0.1) is 12.8 Å². The topological polar surface area (TPSA) is 29.0 Å². The number of hydrogen-bond acceptors (Lipinski definition) is 3. The maximum atomic E-state index is 5.79. The van der Waals surface area contributed by atoms with E-state index in [0.717, 1.165) is 29.7 Å². The molecule has 1 aromatic rings. The predicted octanol–water partition coefficient (Wildman–Crippen LogP) is 2.76. The smallest absolute Gasteiger partial charge is 0.225 e. The Hall–Kier alpha value is -0.830. The van der Waals surface area contributed by atoms with Gasteiger partial charge in [0.1, 0.15) is 0 Å². The van der Waals surface area contributed by atoms with Crippen molar-refractivity contribution in [3.05, 3.63) is 17.5 Å². The summed E-state index contributed by atoms with van der Waals surface area (Å²) in [6.07, 6.45) is 5.91. The van der Waals surface area contributed by atoms with Crippen LogP contribution in [0.25, 0.3) is 0 Å². The Labute approximate surface area is 102 Å². The lowest BCUT2D eigenvalue weighted by atomic mass is 9.85. The molecule has 0 saturated heterocycles. The average Bonchev–Trinajstić information content (AvgIpc) is 2.23. The van der Waals surface area contributed by atoms with Crippen molar-refractivity contribution in [3.8, 4) is 0 Å². The molecular formula is C12H18ClN3. The number of anilines is 1. The summed E-state index contributed by atoms with van der Waals surface area (Å²) >= 11 is 5.79. The zero-order valence-electron chi connectivity index (χ0n) is 9.91. The number of halogens is 1. The third kappa shape index (κ3) is 2.46. The molecule has 0 atom stereocenters. The molecule has 0 unspecified atom stereocenters. The minimum atomic E-state index is 0.485. The molecule has 1 aliphatic rings. The maximum absolute atomic E-state index is 5.79. The summed E-state index contributed by atoms with van der Waals surface area (Å²) < 4.78 is 0. The summed E-state index contributed by atoms with van der Waals surface area (Å²) in [5.74, 6) is 2.14. The number of alkyl halides is 1. The first kappa shape index (κ1) is 11.6. The van der Waals surface area contributed by atoms with Gasteiger partial charge in [-0.1, -0.05) is 6.42 Å². The van der Waals surface area contributed by atoms with E-state index >= 15 is 0 Å². The summed E-state index contributed by atoms with van der Waals surface area (Å²) in [6.45, 7) is 3.06. The van der Waals surface area contributed by atoms with Crippen molar-refractivity contribution in [3.63, 3.8) is 0 Å². The minimum absolute atomic E-state index is 0.485. The van der Waals surface area contributed by atoms with Gasteiger partial charge in [0.2, 0.25) is 5.95 Å². The fourth-order valence-electron chi connectivity index (χ4n) is 1.94. The van der Waals surface area contributed by atoms with Crippen LogP contribution in [0.2, 0.25) is 0 Å². The van der Waals surface area contributed by atoms with E-state index in [2.05, 4.69) is 21.9 Å². The zero-order valence-corrected chi connectivity index (χ0v) is 10.7. The van der Waals surface area contributed by atoms with E-state index in [1.807, 2.05) is 13.1 Å². The summed E-state index contributed by atoms with van der Waals surface area (Å²) in [7, 11) is 2.06. The molecular weight excluding hydrogens is 222 g/mol. The van der Waals surface area contributed by atoms with Gasteiger partial charge in [0.25, 0.3) is 0 Å². The summed E-state index contributed by atoms with van der Waals surface area (Å²) in [6, 6.07) is 0.